The lowest BCUT2D eigenvalue weighted by atomic mass is 9.84. The minimum atomic E-state index is -4.69. The average molecular weight is 613 g/mol. The summed E-state index contributed by atoms with van der Waals surface area (Å²) in [5.74, 6) is 0. The summed E-state index contributed by atoms with van der Waals surface area (Å²) in [5.41, 5.74) is 3.91. The molecule has 0 atom stereocenters. The van der Waals surface area contributed by atoms with Gasteiger partial charge in [-0.25, -0.2) is 25.1 Å². The number of benzene rings is 4. The largest absolute Gasteiger partial charge is 0.415 e. The molecule has 0 saturated heterocycles. The van der Waals surface area contributed by atoms with Crippen molar-refractivity contribution in [2.24, 2.45) is 0 Å². The molecule has 9 heteroatoms. The first-order chi connectivity index (χ1) is 22.6. The summed E-state index contributed by atoms with van der Waals surface area (Å²) in [6.45, 7) is 25.4. The number of nitriles is 3. The summed E-state index contributed by atoms with van der Waals surface area (Å²) in [7, 11) is 0. The van der Waals surface area contributed by atoms with Crippen molar-refractivity contribution in [2.45, 2.75) is 13.1 Å². The Morgan fingerprint density at radius 2 is 1.17 bits per heavy atom. The zero-order valence-electron chi connectivity index (χ0n) is 24.2. The molecule has 0 saturated carbocycles. The molecule has 0 heterocycles. The highest BCUT2D eigenvalue weighted by molar-refractivity contribution is 6.39. The van der Waals surface area contributed by atoms with Gasteiger partial charge in [-0.05, 0) is 74.7 Å². The predicted octanol–water partition coefficient (Wildman–Crippen LogP) is 10.0. The van der Waals surface area contributed by atoms with Gasteiger partial charge in [-0.2, -0.15) is 18.4 Å². The van der Waals surface area contributed by atoms with E-state index in [0.717, 1.165) is 17.7 Å². The average Bonchev–Trinajstić information content (AvgIpc) is 3.58. The normalized spacial score (nSPS) is 14.7. The van der Waals surface area contributed by atoms with Gasteiger partial charge in [0.15, 0.2) is 5.69 Å². The van der Waals surface area contributed by atoms with Crippen LogP contribution >= 0.6 is 0 Å². The van der Waals surface area contributed by atoms with E-state index in [1.54, 1.807) is 48.5 Å². The van der Waals surface area contributed by atoms with Crippen molar-refractivity contribution in [1.82, 2.24) is 0 Å². The third-order valence-electron chi connectivity index (χ3n) is 8.15. The van der Waals surface area contributed by atoms with Gasteiger partial charge in [0, 0.05) is 22.3 Å². The van der Waals surface area contributed by atoms with Crippen molar-refractivity contribution < 1.29 is 13.2 Å². The SMILES string of the molecule is [C-]#[N+]/C(C#N)=C1C2=C(/C(=C(\C#N)[N+]#[C-])c3cccc(-c4ccc(C(F)(F)F)cc4[N+]#[C-])c32)c2c\1cccc2-c1ccc(C)cc1C#N. The van der Waals surface area contributed by atoms with E-state index in [4.69, 9.17) is 19.7 Å². The summed E-state index contributed by atoms with van der Waals surface area (Å²) in [6.07, 6.45) is -4.69. The molecule has 47 heavy (non-hydrogen) atoms. The number of rotatable bonds is 2. The lowest BCUT2D eigenvalue weighted by molar-refractivity contribution is -0.137. The van der Waals surface area contributed by atoms with Crippen molar-refractivity contribution >= 4 is 28.0 Å². The standard InChI is InChI=1S/C38H15F3N6/c1-20-11-13-23(21(15-20)17-42)25-7-5-9-27-32(25)36-35(31(19-44)47-4)28-10-6-8-26(33(28)37(36)34(27)30(18-43)46-3)24-14-12-22(38(39,40)41)16-29(24)45-2/h5-16H,1H3/b34-30-,35-31+. The Balaban J connectivity index is 1.82. The van der Waals surface area contributed by atoms with E-state index in [1.165, 1.54) is 6.07 Å². The maximum absolute atomic E-state index is 13.6. The molecule has 218 valence electrons. The minimum absolute atomic E-state index is 0.168. The first-order valence-corrected chi connectivity index (χ1v) is 13.8. The Morgan fingerprint density at radius 1 is 0.660 bits per heavy atom. The summed E-state index contributed by atoms with van der Waals surface area (Å²) in [5, 5.41) is 30.4. The highest BCUT2D eigenvalue weighted by Crippen LogP contribution is 2.63. The van der Waals surface area contributed by atoms with Crippen LogP contribution in [0.3, 0.4) is 0 Å². The van der Waals surface area contributed by atoms with Crippen molar-refractivity contribution in [3.05, 3.63) is 157 Å². The maximum Gasteiger partial charge on any atom is 0.415 e. The lowest BCUT2D eigenvalue weighted by Crippen LogP contribution is -2.04. The number of aryl methyl sites for hydroxylation is 1. The first-order valence-electron chi connectivity index (χ1n) is 13.8. The molecule has 6 rings (SSSR count). The van der Waals surface area contributed by atoms with Crippen LogP contribution in [0.15, 0.2) is 84.2 Å². The second-order valence-electron chi connectivity index (χ2n) is 10.6. The van der Waals surface area contributed by atoms with Gasteiger partial charge >= 0.3 is 6.18 Å². The number of hydrogen-bond acceptors (Lipinski definition) is 3. The molecule has 0 aromatic heterocycles. The van der Waals surface area contributed by atoms with Gasteiger partial charge in [-0.3, -0.25) is 0 Å². The Hall–Kier alpha value is -7.17. The predicted molar refractivity (Wildman–Crippen MR) is 170 cm³/mol. The number of alkyl halides is 3. The fraction of sp³-hybridized carbons (Fsp3) is 0.0526. The zero-order chi connectivity index (χ0) is 33.6. The summed E-state index contributed by atoms with van der Waals surface area (Å²) < 4.78 is 40.8. The molecule has 2 aliphatic rings. The molecule has 0 aliphatic heterocycles. The Bertz CT molecular complexity index is 2440. The fourth-order valence-corrected chi connectivity index (χ4v) is 6.31. The molecule has 4 aromatic rings. The molecular weight excluding hydrogens is 597 g/mol. The molecular formula is C38H15F3N6. The van der Waals surface area contributed by atoms with Crippen LogP contribution in [-0.2, 0) is 6.18 Å². The summed E-state index contributed by atoms with van der Waals surface area (Å²) >= 11 is 0. The van der Waals surface area contributed by atoms with E-state index in [2.05, 4.69) is 20.6 Å². The molecule has 0 radical (unpaired) electrons. The van der Waals surface area contributed by atoms with Gasteiger partial charge in [0.1, 0.15) is 0 Å². The van der Waals surface area contributed by atoms with Crippen molar-refractivity contribution in [3.63, 3.8) is 0 Å². The molecule has 0 spiro atoms. The van der Waals surface area contributed by atoms with Crippen LogP contribution in [0.25, 0.3) is 59.1 Å². The molecule has 0 amide bonds. The number of hydrogen-bond donors (Lipinski definition) is 0. The van der Waals surface area contributed by atoms with Crippen LogP contribution in [-0.4, -0.2) is 0 Å². The molecule has 0 bridgehead atoms. The monoisotopic (exact) mass is 612 g/mol. The van der Waals surface area contributed by atoms with E-state index in [-0.39, 0.29) is 33.8 Å². The molecule has 4 aromatic carbocycles. The van der Waals surface area contributed by atoms with Crippen LogP contribution in [0, 0.1) is 60.6 Å². The molecule has 2 aliphatic carbocycles. The Labute approximate surface area is 267 Å². The Kier molecular flexibility index (Phi) is 7.04. The lowest BCUT2D eigenvalue weighted by Gasteiger charge is -2.19. The fourth-order valence-electron chi connectivity index (χ4n) is 6.31. The van der Waals surface area contributed by atoms with Crippen LogP contribution in [0.1, 0.15) is 38.9 Å². The number of allylic oxidation sites excluding steroid dienone is 6. The summed E-state index contributed by atoms with van der Waals surface area (Å²) in [4.78, 5) is 10.4. The molecule has 6 nitrogen and oxygen atoms in total. The van der Waals surface area contributed by atoms with E-state index >= 15 is 0 Å². The van der Waals surface area contributed by atoms with Gasteiger partial charge in [-0.15, -0.1) is 0 Å². The zero-order valence-corrected chi connectivity index (χ0v) is 24.2. The minimum Gasteiger partial charge on any atom is -0.238 e. The molecule has 0 N–H and O–H groups in total. The van der Waals surface area contributed by atoms with Crippen molar-refractivity contribution in [3.8, 4) is 40.5 Å². The van der Waals surface area contributed by atoms with Crippen molar-refractivity contribution in [1.29, 1.82) is 15.8 Å². The van der Waals surface area contributed by atoms with Gasteiger partial charge in [0.05, 0.1) is 43.5 Å². The van der Waals surface area contributed by atoms with Gasteiger partial charge in [0.25, 0.3) is 11.4 Å². The quantitative estimate of drug-likeness (QED) is 0.167. The van der Waals surface area contributed by atoms with Gasteiger partial charge in [0.2, 0.25) is 0 Å². The van der Waals surface area contributed by atoms with Crippen LogP contribution < -0.4 is 0 Å². The van der Waals surface area contributed by atoms with Crippen LogP contribution in [0.4, 0.5) is 18.9 Å². The van der Waals surface area contributed by atoms with Crippen molar-refractivity contribution in [2.75, 3.05) is 0 Å². The van der Waals surface area contributed by atoms with E-state index < -0.39 is 11.7 Å². The van der Waals surface area contributed by atoms with Gasteiger partial charge in [-0.1, -0.05) is 60.7 Å². The third-order valence-corrected chi connectivity index (χ3v) is 8.15. The second kappa shape index (κ2) is 11.1. The van der Waals surface area contributed by atoms with Gasteiger partial charge < -0.3 is 0 Å². The molecule has 0 fully saturated rings. The highest BCUT2D eigenvalue weighted by Gasteiger charge is 2.42. The van der Waals surface area contributed by atoms with E-state index in [0.29, 0.717) is 55.7 Å². The van der Waals surface area contributed by atoms with Crippen LogP contribution in [0.2, 0.25) is 0 Å². The Morgan fingerprint density at radius 3 is 1.64 bits per heavy atom. The highest BCUT2D eigenvalue weighted by atomic mass is 19.4. The number of nitrogens with zero attached hydrogens (tertiary/aromatic N) is 6. The van der Waals surface area contributed by atoms with E-state index in [1.807, 2.05) is 25.1 Å². The second-order valence-corrected chi connectivity index (χ2v) is 10.6. The third kappa shape index (κ3) is 4.45. The van der Waals surface area contributed by atoms with Crippen LogP contribution in [0.5, 0.6) is 0 Å². The summed E-state index contributed by atoms with van der Waals surface area (Å²) in [6, 6.07) is 24.5. The number of fused-ring (bicyclic) bond motifs is 4. The number of halogens is 3. The maximum atomic E-state index is 13.6. The molecule has 0 unspecified atom stereocenters. The smallest absolute Gasteiger partial charge is 0.238 e. The van der Waals surface area contributed by atoms with E-state index in [9.17, 15) is 29.0 Å². The first kappa shape index (κ1) is 29.9. The topological polar surface area (TPSA) is 84.4 Å².